The Morgan fingerprint density at radius 1 is 1.27 bits per heavy atom. The van der Waals surface area contributed by atoms with Crippen LogP contribution in [0.5, 0.6) is 0 Å². The number of carbonyl (C=O) groups excluding carboxylic acids is 2. The van der Waals surface area contributed by atoms with Crippen molar-refractivity contribution in [1.82, 2.24) is 0 Å². The Kier molecular flexibility index (Phi) is 4.60. The highest BCUT2D eigenvalue weighted by molar-refractivity contribution is 5.57. The second-order valence-electron chi connectivity index (χ2n) is 1.99. The van der Waals surface area contributed by atoms with E-state index in [4.69, 9.17) is 10.2 Å². The van der Waals surface area contributed by atoms with Crippen LogP contribution in [0.4, 0.5) is 0 Å². The predicted molar refractivity (Wildman–Crippen MR) is 34.7 cm³/mol. The number of aliphatic hydroxyl groups is 2. The van der Waals surface area contributed by atoms with E-state index < -0.39 is 18.5 Å². The SMILES string of the molecule is CC(OC(O)C=O)C(O)C=O. The van der Waals surface area contributed by atoms with Gasteiger partial charge in [0.1, 0.15) is 6.10 Å². The Bertz CT molecular complexity index is 135. The molecule has 0 aliphatic heterocycles. The van der Waals surface area contributed by atoms with Gasteiger partial charge in [-0.2, -0.15) is 0 Å². The number of hydrogen-bond donors (Lipinski definition) is 2. The van der Waals surface area contributed by atoms with Crippen LogP contribution in [-0.2, 0) is 14.3 Å². The fourth-order valence-corrected chi connectivity index (χ4v) is 0.443. The van der Waals surface area contributed by atoms with Crippen LogP contribution in [0, 0.1) is 0 Å². The number of aliphatic hydroxyl groups excluding tert-OH is 2. The molecule has 0 heterocycles. The maximum atomic E-state index is 9.92. The Hall–Kier alpha value is -0.780. The minimum Gasteiger partial charge on any atom is -0.383 e. The Morgan fingerprint density at radius 2 is 1.82 bits per heavy atom. The highest BCUT2D eigenvalue weighted by Crippen LogP contribution is 1.97. The van der Waals surface area contributed by atoms with Gasteiger partial charge in [0, 0.05) is 0 Å². The van der Waals surface area contributed by atoms with Gasteiger partial charge in [0.25, 0.3) is 0 Å². The zero-order valence-electron chi connectivity index (χ0n) is 6.01. The van der Waals surface area contributed by atoms with Crippen molar-refractivity contribution in [2.24, 2.45) is 0 Å². The summed E-state index contributed by atoms with van der Waals surface area (Å²) >= 11 is 0. The standard InChI is InChI=1S/C6H10O5/c1-4(5(9)2-7)11-6(10)3-8/h2-6,9-10H,1H3. The lowest BCUT2D eigenvalue weighted by molar-refractivity contribution is -0.166. The van der Waals surface area contributed by atoms with Gasteiger partial charge in [0.15, 0.2) is 12.6 Å². The molecule has 3 atom stereocenters. The van der Waals surface area contributed by atoms with Crippen molar-refractivity contribution in [2.45, 2.75) is 25.4 Å². The van der Waals surface area contributed by atoms with Crippen LogP contribution in [0.2, 0.25) is 0 Å². The molecule has 5 heteroatoms. The van der Waals surface area contributed by atoms with Crippen LogP contribution in [0.3, 0.4) is 0 Å². The maximum Gasteiger partial charge on any atom is 0.212 e. The summed E-state index contributed by atoms with van der Waals surface area (Å²) < 4.78 is 4.46. The van der Waals surface area contributed by atoms with Crippen LogP contribution in [0.25, 0.3) is 0 Å². The molecule has 0 spiro atoms. The first-order valence-electron chi connectivity index (χ1n) is 3.04. The Balaban J connectivity index is 3.75. The van der Waals surface area contributed by atoms with Crippen LogP contribution in [0.1, 0.15) is 6.92 Å². The quantitative estimate of drug-likeness (QED) is 0.378. The summed E-state index contributed by atoms with van der Waals surface area (Å²) in [6, 6.07) is 0. The molecule has 0 fully saturated rings. The van der Waals surface area contributed by atoms with Crippen molar-refractivity contribution in [3.63, 3.8) is 0 Å². The van der Waals surface area contributed by atoms with E-state index in [9.17, 15) is 9.59 Å². The van der Waals surface area contributed by atoms with Gasteiger partial charge in [0.05, 0.1) is 6.10 Å². The number of rotatable bonds is 5. The average Bonchev–Trinajstić information content (AvgIpc) is 2.02. The third kappa shape index (κ3) is 3.82. The molecule has 11 heavy (non-hydrogen) atoms. The van der Waals surface area contributed by atoms with Gasteiger partial charge in [-0.05, 0) is 6.92 Å². The molecule has 0 aromatic rings. The second-order valence-corrected chi connectivity index (χ2v) is 1.99. The minimum atomic E-state index is -1.58. The van der Waals surface area contributed by atoms with Gasteiger partial charge in [-0.15, -0.1) is 0 Å². The molecule has 5 nitrogen and oxygen atoms in total. The highest BCUT2D eigenvalue weighted by Gasteiger charge is 2.16. The molecule has 3 unspecified atom stereocenters. The number of aldehydes is 2. The fourth-order valence-electron chi connectivity index (χ4n) is 0.443. The first-order chi connectivity index (χ1) is 5.11. The van der Waals surface area contributed by atoms with E-state index in [-0.39, 0.29) is 12.6 Å². The van der Waals surface area contributed by atoms with E-state index in [1.54, 1.807) is 0 Å². The van der Waals surface area contributed by atoms with Crippen molar-refractivity contribution >= 4 is 12.6 Å². The molecular weight excluding hydrogens is 152 g/mol. The van der Waals surface area contributed by atoms with E-state index in [0.717, 1.165) is 0 Å². The van der Waals surface area contributed by atoms with Crippen molar-refractivity contribution in [2.75, 3.05) is 0 Å². The summed E-state index contributed by atoms with van der Waals surface area (Å²) in [5.74, 6) is 0. The fraction of sp³-hybridized carbons (Fsp3) is 0.667. The molecule has 0 saturated heterocycles. The molecular formula is C6H10O5. The van der Waals surface area contributed by atoms with E-state index in [1.807, 2.05) is 0 Å². The van der Waals surface area contributed by atoms with Gasteiger partial charge in [-0.1, -0.05) is 0 Å². The Morgan fingerprint density at radius 3 is 2.18 bits per heavy atom. The first-order valence-corrected chi connectivity index (χ1v) is 3.04. The summed E-state index contributed by atoms with van der Waals surface area (Å²) in [6.45, 7) is 1.37. The van der Waals surface area contributed by atoms with Crippen LogP contribution in [-0.4, -0.2) is 41.3 Å². The van der Waals surface area contributed by atoms with Gasteiger partial charge in [-0.3, -0.25) is 4.79 Å². The molecule has 64 valence electrons. The number of hydrogen-bond acceptors (Lipinski definition) is 5. The molecule has 0 amide bonds. The molecule has 0 aliphatic carbocycles. The average molecular weight is 162 g/mol. The summed E-state index contributed by atoms with van der Waals surface area (Å²) in [7, 11) is 0. The zero-order chi connectivity index (χ0) is 8.85. The van der Waals surface area contributed by atoms with Crippen LogP contribution >= 0.6 is 0 Å². The Labute approximate surface area is 63.6 Å². The summed E-state index contributed by atoms with van der Waals surface area (Å²) in [5, 5.41) is 17.3. The summed E-state index contributed by atoms with van der Waals surface area (Å²) in [5.41, 5.74) is 0. The van der Waals surface area contributed by atoms with Gasteiger partial charge < -0.3 is 19.7 Å². The summed E-state index contributed by atoms with van der Waals surface area (Å²) in [4.78, 5) is 19.7. The third-order valence-electron chi connectivity index (χ3n) is 1.09. The highest BCUT2D eigenvalue weighted by atomic mass is 16.6. The van der Waals surface area contributed by atoms with E-state index in [1.165, 1.54) is 6.92 Å². The van der Waals surface area contributed by atoms with E-state index >= 15 is 0 Å². The first kappa shape index (κ1) is 10.2. The van der Waals surface area contributed by atoms with Crippen LogP contribution < -0.4 is 0 Å². The maximum absolute atomic E-state index is 9.92. The van der Waals surface area contributed by atoms with Crippen molar-refractivity contribution < 1.29 is 24.5 Å². The monoisotopic (exact) mass is 162 g/mol. The number of ether oxygens (including phenoxy) is 1. The third-order valence-corrected chi connectivity index (χ3v) is 1.09. The molecule has 0 aromatic carbocycles. The lowest BCUT2D eigenvalue weighted by Crippen LogP contribution is -2.31. The van der Waals surface area contributed by atoms with Crippen molar-refractivity contribution in [1.29, 1.82) is 0 Å². The largest absolute Gasteiger partial charge is 0.383 e. The van der Waals surface area contributed by atoms with Gasteiger partial charge in [-0.25, -0.2) is 0 Å². The lowest BCUT2D eigenvalue weighted by atomic mass is 10.2. The van der Waals surface area contributed by atoms with Gasteiger partial charge >= 0.3 is 0 Å². The number of carbonyl (C=O) groups is 2. The molecule has 0 bridgehead atoms. The molecule has 0 rings (SSSR count). The predicted octanol–water partition coefficient (Wildman–Crippen LogP) is -1.53. The van der Waals surface area contributed by atoms with Gasteiger partial charge in [0.2, 0.25) is 6.29 Å². The molecule has 0 aliphatic rings. The zero-order valence-corrected chi connectivity index (χ0v) is 6.01. The van der Waals surface area contributed by atoms with Crippen molar-refractivity contribution in [3.05, 3.63) is 0 Å². The summed E-state index contributed by atoms with van der Waals surface area (Å²) in [6.07, 6.45) is -3.35. The minimum absolute atomic E-state index is 0.161. The smallest absolute Gasteiger partial charge is 0.212 e. The normalized spacial score (nSPS) is 18.5. The van der Waals surface area contributed by atoms with E-state index in [2.05, 4.69) is 4.74 Å². The van der Waals surface area contributed by atoms with Crippen molar-refractivity contribution in [3.8, 4) is 0 Å². The molecule has 0 radical (unpaired) electrons. The molecule has 2 N–H and O–H groups in total. The van der Waals surface area contributed by atoms with E-state index in [0.29, 0.717) is 0 Å². The second kappa shape index (κ2) is 4.95. The topological polar surface area (TPSA) is 83.8 Å². The molecule has 0 aromatic heterocycles. The lowest BCUT2D eigenvalue weighted by Gasteiger charge is -2.15. The van der Waals surface area contributed by atoms with Crippen LogP contribution in [0.15, 0.2) is 0 Å². The molecule has 0 saturated carbocycles.